The smallest absolute Gasteiger partial charge is 0.376 e. The summed E-state index contributed by atoms with van der Waals surface area (Å²) in [5, 5.41) is 12.7. The summed E-state index contributed by atoms with van der Waals surface area (Å²) in [6, 6.07) is 4.86. The lowest BCUT2D eigenvalue weighted by molar-refractivity contribution is -0.244. The van der Waals surface area contributed by atoms with Gasteiger partial charge in [-0.1, -0.05) is 12.1 Å². The molecule has 124 valence electrons. The average molecular weight is 339 g/mol. The Kier molecular flexibility index (Phi) is 2.82. The van der Waals surface area contributed by atoms with Crippen LogP contribution in [0.1, 0.15) is 12.0 Å². The number of aliphatic hydroxyl groups is 1. The number of carbonyl (C=O) groups is 1. The van der Waals surface area contributed by atoms with Crippen molar-refractivity contribution in [2.24, 2.45) is 9.98 Å². The molecule has 4 rings (SSSR count). The van der Waals surface area contributed by atoms with Crippen LogP contribution in [0.15, 0.2) is 45.5 Å². The minimum atomic E-state index is -5.11. The van der Waals surface area contributed by atoms with E-state index in [2.05, 4.69) is 15.3 Å². The maximum absolute atomic E-state index is 13.5. The second-order valence-corrected chi connectivity index (χ2v) is 5.71. The van der Waals surface area contributed by atoms with Gasteiger partial charge in [-0.2, -0.15) is 13.2 Å². The summed E-state index contributed by atoms with van der Waals surface area (Å²) >= 11 is 0. The van der Waals surface area contributed by atoms with Gasteiger partial charge in [0.25, 0.3) is 0 Å². The van der Waals surface area contributed by atoms with Crippen LogP contribution in [0.3, 0.4) is 0 Å². The van der Waals surface area contributed by atoms with Gasteiger partial charge in [0, 0.05) is 11.1 Å². The normalized spacial score (nSPS) is 28.5. The summed E-state index contributed by atoms with van der Waals surface area (Å²) in [5.41, 5.74) is -4.16. The molecule has 0 aliphatic carbocycles. The maximum Gasteiger partial charge on any atom is 0.422 e. The second-order valence-electron chi connectivity index (χ2n) is 5.71. The van der Waals surface area contributed by atoms with Gasteiger partial charge in [-0.15, -0.1) is 0 Å². The van der Waals surface area contributed by atoms with E-state index in [9.17, 15) is 27.5 Å². The number of nitrogens with zero attached hydrogens (tertiary/aromatic N) is 2. The first-order valence-electron chi connectivity index (χ1n) is 6.96. The second kappa shape index (κ2) is 4.50. The van der Waals surface area contributed by atoms with Crippen LogP contribution in [0.2, 0.25) is 0 Å². The topological polar surface area (TPSA) is 74.0 Å². The van der Waals surface area contributed by atoms with Crippen molar-refractivity contribution in [2.45, 2.75) is 24.4 Å². The van der Waals surface area contributed by atoms with Crippen molar-refractivity contribution >= 4 is 17.3 Å². The SMILES string of the molecule is O=C1CC(O)(C(F)(F)F)C2=C(N1)C1=NC1N=C2c1cccc(F)c1. The molecule has 3 heterocycles. The summed E-state index contributed by atoms with van der Waals surface area (Å²) in [6.07, 6.45) is -7.01. The highest BCUT2D eigenvalue weighted by molar-refractivity contribution is 6.28. The van der Waals surface area contributed by atoms with E-state index in [4.69, 9.17) is 0 Å². The van der Waals surface area contributed by atoms with Gasteiger partial charge in [-0.25, -0.2) is 4.39 Å². The summed E-state index contributed by atoms with van der Waals surface area (Å²) < 4.78 is 54.1. The van der Waals surface area contributed by atoms with E-state index in [1.54, 1.807) is 0 Å². The van der Waals surface area contributed by atoms with Crippen molar-refractivity contribution in [3.8, 4) is 0 Å². The molecular formula is C15H9F4N3O2. The fourth-order valence-corrected chi connectivity index (χ4v) is 2.94. The zero-order valence-corrected chi connectivity index (χ0v) is 11.9. The fraction of sp³-hybridized carbons (Fsp3) is 0.267. The lowest BCUT2D eigenvalue weighted by atomic mass is 9.78. The quantitative estimate of drug-likeness (QED) is 0.761. The van der Waals surface area contributed by atoms with Crippen LogP contribution in [0, 0.1) is 5.82 Å². The summed E-state index contributed by atoms with van der Waals surface area (Å²) in [5.74, 6) is -1.63. The van der Waals surface area contributed by atoms with E-state index in [0.29, 0.717) is 0 Å². The highest BCUT2D eigenvalue weighted by Crippen LogP contribution is 2.46. The molecule has 0 spiro atoms. The standard InChI is InChI=1S/C15H9F4N3O2/c16-7-3-1-2-6(4-7)10-9-11(12-13(21-10)22-12)20-8(23)5-14(9,24)15(17,18)19/h1-4,13,24H,5H2,(H,20,23). The number of hydrogen-bond donors (Lipinski definition) is 2. The highest BCUT2D eigenvalue weighted by atomic mass is 19.4. The van der Waals surface area contributed by atoms with Crippen molar-refractivity contribution in [3.05, 3.63) is 46.9 Å². The Labute approximate surface area is 132 Å². The number of nitrogens with one attached hydrogen (secondary N) is 1. The molecule has 1 aromatic rings. The minimum absolute atomic E-state index is 0.0717. The van der Waals surface area contributed by atoms with Gasteiger partial charge in [0.2, 0.25) is 5.91 Å². The summed E-state index contributed by atoms with van der Waals surface area (Å²) in [4.78, 5) is 19.6. The molecule has 0 bridgehead atoms. The van der Waals surface area contributed by atoms with Crippen molar-refractivity contribution < 1.29 is 27.5 Å². The van der Waals surface area contributed by atoms with Crippen LogP contribution in [0.4, 0.5) is 17.6 Å². The molecule has 24 heavy (non-hydrogen) atoms. The Bertz CT molecular complexity index is 872. The van der Waals surface area contributed by atoms with Gasteiger partial charge in [0.15, 0.2) is 11.8 Å². The predicted molar refractivity (Wildman–Crippen MR) is 75.0 cm³/mol. The van der Waals surface area contributed by atoms with Crippen molar-refractivity contribution in [1.82, 2.24) is 5.32 Å². The third kappa shape index (κ3) is 2.01. The van der Waals surface area contributed by atoms with Gasteiger partial charge < -0.3 is 10.4 Å². The van der Waals surface area contributed by atoms with E-state index < -0.39 is 41.7 Å². The van der Waals surface area contributed by atoms with Crippen LogP contribution < -0.4 is 5.32 Å². The lowest BCUT2D eigenvalue weighted by Crippen LogP contribution is -2.57. The lowest BCUT2D eigenvalue weighted by Gasteiger charge is -2.38. The number of dihydropyridines is 1. The number of halogens is 4. The molecule has 2 unspecified atom stereocenters. The molecule has 2 atom stereocenters. The number of aliphatic imine (C=N–C) groups is 2. The number of hydrogen-bond acceptors (Lipinski definition) is 4. The van der Waals surface area contributed by atoms with E-state index in [0.717, 1.165) is 12.1 Å². The number of fused-ring (bicyclic) bond motifs is 2. The van der Waals surface area contributed by atoms with E-state index in [1.165, 1.54) is 12.1 Å². The Morgan fingerprint density at radius 1 is 1.29 bits per heavy atom. The molecule has 9 heteroatoms. The Morgan fingerprint density at radius 2 is 2.04 bits per heavy atom. The van der Waals surface area contributed by atoms with Crippen LogP contribution in [0.25, 0.3) is 0 Å². The Morgan fingerprint density at radius 3 is 2.71 bits per heavy atom. The molecule has 0 aromatic heterocycles. The minimum Gasteiger partial charge on any atom is -0.376 e. The molecule has 0 fully saturated rings. The first-order chi connectivity index (χ1) is 11.2. The van der Waals surface area contributed by atoms with Crippen LogP contribution in [0.5, 0.6) is 0 Å². The molecule has 1 aromatic carbocycles. The molecular weight excluding hydrogens is 330 g/mol. The molecule has 3 aliphatic rings. The van der Waals surface area contributed by atoms with Gasteiger partial charge in [-0.3, -0.25) is 14.8 Å². The molecule has 2 N–H and O–H groups in total. The van der Waals surface area contributed by atoms with Crippen LogP contribution >= 0.6 is 0 Å². The number of benzene rings is 1. The zero-order valence-electron chi connectivity index (χ0n) is 11.9. The first-order valence-corrected chi connectivity index (χ1v) is 6.96. The molecule has 1 amide bonds. The third-order valence-corrected chi connectivity index (χ3v) is 4.09. The predicted octanol–water partition coefficient (Wildman–Crippen LogP) is 1.48. The number of alkyl halides is 3. The van der Waals surface area contributed by atoms with Crippen molar-refractivity contribution in [1.29, 1.82) is 0 Å². The van der Waals surface area contributed by atoms with Crippen LogP contribution in [-0.4, -0.2) is 40.4 Å². The Balaban J connectivity index is 1.95. The van der Waals surface area contributed by atoms with Crippen molar-refractivity contribution in [2.75, 3.05) is 0 Å². The average Bonchev–Trinajstić information content (AvgIpc) is 3.24. The molecule has 3 aliphatic heterocycles. The first kappa shape index (κ1) is 15.0. The number of carbonyl (C=O) groups excluding carboxylic acids is 1. The summed E-state index contributed by atoms with van der Waals surface area (Å²) in [7, 11) is 0. The maximum atomic E-state index is 13.5. The highest BCUT2D eigenvalue weighted by Gasteiger charge is 2.63. The Hall–Kier alpha value is -2.55. The van der Waals surface area contributed by atoms with Gasteiger partial charge in [-0.05, 0) is 12.1 Å². The molecule has 5 nitrogen and oxygen atoms in total. The monoisotopic (exact) mass is 339 g/mol. The fourth-order valence-electron chi connectivity index (χ4n) is 2.94. The number of rotatable bonds is 1. The molecule has 0 saturated heterocycles. The molecule has 0 radical (unpaired) electrons. The van der Waals surface area contributed by atoms with Gasteiger partial charge in [0.05, 0.1) is 17.8 Å². The summed E-state index contributed by atoms with van der Waals surface area (Å²) in [6.45, 7) is 0. The zero-order chi connectivity index (χ0) is 17.3. The third-order valence-electron chi connectivity index (χ3n) is 4.09. The van der Waals surface area contributed by atoms with Gasteiger partial charge in [0.1, 0.15) is 11.5 Å². The van der Waals surface area contributed by atoms with E-state index >= 15 is 0 Å². The van der Waals surface area contributed by atoms with E-state index in [-0.39, 0.29) is 22.7 Å². The van der Waals surface area contributed by atoms with Crippen molar-refractivity contribution in [3.63, 3.8) is 0 Å². The molecule has 0 saturated carbocycles. The largest absolute Gasteiger partial charge is 0.422 e. The van der Waals surface area contributed by atoms with E-state index in [1.807, 2.05) is 0 Å². The van der Waals surface area contributed by atoms with Gasteiger partial charge >= 0.3 is 6.18 Å². The van der Waals surface area contributed by atoms with Crippen LogP contribution in [-0.2, 0) is 4.79 Å². The number of amides is 1.